The lowest BCUT2D eigenvalue weighted by molar-refractivity contribution is 0.113. The molecular weight excluding hydrogens is 818 g/mol. The molecular formula is C40H48Cl4N6O5S. The van der Waals surface area contributed by atoms with E-state index in [-0.39, 0.29) is 36.5 Å². The highest BCUT2D eigenvalue weighted by molar-refractivity contribution is 7.90. The molecule has 11 nitrogen and oxygen atoms in total. The van der Waals surface area contributed by atoms with Gasteiger partial charge in [0.2, 0.25) is 18.6 Å². The van der Waals surface area contributed by atoms with Crippen LogP contribution in [0.4, 0.5) is 11.4 Å². The Morgan fingerprint density at radius 3 is 1.86 bits per heavy atom. The third-order valence-corrected chi connectivity index (χ3v) is 13.5. The largest absolute Gasteiger partial charge is 0.598 e. The quantitative estimate of drug-likeness (QED) is 0.0876. The molecule has 4 N–H and O–H groups in total. The third kappa shape index (κ3) is 10.3. The number of phenols is 1. The number of aromatic nitrogens is 2. The molecule has 2 fully saturated rings. The normalized spacial score (nSPS) is 17.4. The van der Waals surface area contributed by atoms with Gasteiger partial charge in [-0.2, -0.15) is 0 Å². The molecule has 6 rings (SSSR count). The fourth-order valence-electron chi connectivity index (χ4n) is 7.18. The van der Waals surface area contributed by atoms with E-state index < -0.39 is 16.1 Å². The molecule has 0 spiro atoms. The Labute approximate surface area is 352 Å². The van der Waals surface area contributed by atoms with Crippen LogP contribution in [0.15, 0.2) is 60.9 Å². The van der Waals surface area contributed by atoms with Crippen LogP contribution in [0.25, 0.3) is 0 Å². The number of anilines is 2. The lowest BCUT2D eigenvalue weighted by Gasteiger charge is -2.39. The van der Waals surface area contributed by atoms with Crippen LogP contribution in [-0.2, 0) is 11.4 Å². The number of nitrogens with one attached hydrogen (secondary N) is 1. The van der Waals surface area contributed by atoms with Crippen LogP contribution in [0, 0.1) is 11.8 Å². The first kappa shape index (κ1) is 42.5. The third-order valence-electron chi connectivity index (χ3n) is 10.5. The van der Waals surface area contributed by atoms with Crippen LogP contribution in [0.2, 0.25) is 20.1 Å². The topological polar surface area (TPSA) is 141 Å². The molecule has 4 heterocycles. The molecule has 3 atom stereocenters. The number of benzene rings is 2. The van der Waals surface area contributed by atoms with E-state index in [1.807, 2.05) is 51.2 Å². The van der Waals surface area contributed by atoms with E-state index in [0.29, 0.717) is 43.2 Å². The lowest BCUT2D eigenvalue weighted by Crippen LogP contribution is -2.46. The number of methoxy groups -OCH3 is 1. The molecule has 2 aliphatic heterocycles. The van der Waals surface area contributed by atoms with Gasteiger partial charge in [-0.3, -0.25) is 0 Å². The molecule has 0 amide bonds. The van der Waals surface area contributed by atoms with E-state index in [1.54, 1.807) is 31.5 Å². The summed E-state index contributed by atoms with van der Waals surface area (Å²) < 4.78 is 33.9. The van der Waals surface area contributed by atoms with Crippen LogP contribution < -0.4 is 34.5 Å². The van der Waals surface area contributed by atoms with Gasteiger partial charge in [0.1, 0.15) is 16.2 Å². The first-order valence-electron chi connectivity index (χ1n) is 18.5. The molecule has 0 bridgehead atoms. The summed E-state index contributed by atoms with van der Waals surface area (Å²) >= 11 is 24.0. The maximum Gasteiger partial charge on any atom is 0.232 e. The molecule has 0 aliphatic carbocycles. The zero-order valence-corrected chi connectivity index (χ0v) is 35.7. The zero-order valence-electron chi connectivity index (χ0n) is 31.8. The Morgan fingerprint density at radius 2 is 1.32 bits per heavy atom. The van der Waals surface area contributed by atoms with Crippen molar-refractivity contribution in [1.29, 1.82) is 0 Å². The second-order valence-corrected chi connectivity index (χ2v) is 18.7. The minimum atomic E-state index is -1.38. The second kappa shape index (κ2) is 18.7. The van der Waals surface area contributed by atoms with Gasteiger partial charge in [0.05, 0.1) is 57.0 Å². The van der Waals surface area contributed by atoms with Crippen LogP contribution in [0.3, 0.4) is 0 Å². The van der Waals surface area contributed by atoms with Crippen molar-refractivity contribution in [1.82, 2.24) is 14.7 Å². The van der Waals surface area contributed by atoms with Gasteiger partial charge in [0.25, 0.3) is 0 Å². The number of piperidine rings is 2. The highest BCUT2D eigenvalue weighted by Gasteiger charge is 2.37. The molecule has 2 saturated heterocycles. The van der Waals surface area contributed by atoms with E-state index in [2.05, 4.69) is 24.5 Å². The maximum atomic E-state index is 13.6. The number of hydrogen-bond acceptors (Lipinski definition) is 11. The maximum absolute atomic E-state index is 13.6. The van der Waals surface area contributed by atoms with Crippen molar-refractivity contribution in [3.8, 4) is 23.3 Å². The van der Waals surface area contributed by atoms with Gasteiger partial charge in [-0.05, 0) is 82.6 Å². The van der Waals surface area contributed by atoms with Crippen molar-refractivity contribution >= 4 is 69.1 Å². The summed E-state index contributed by atoms with van der Waals surface area (Å²) in [5.41, 5.74) is 9.92. The van der Waals surface area contributed by atoms with Gasteiger partial charge < -0.3 is 39.4 Å². The highest BCUT2D eigenvalue weighted by atomic mass is 35.5. The van der Waals surface area contributed by atoms with E-state index in [1.165, 1.54) is 6.07 Å². The van der Waals surface area contributed by atoms with Gasteiger partial charge in [-0.15, -0.1) is 4.72 Å². The molecule has 0 saturated carbocycles. The number of nitrogens with two attached hydrogens (primary N) is 1. The van der Waals surface area contributed by atoms with Crippen molar-refractivity contribution in [2.24, 2.45) is 17.6 Å². The molecule has 302 valence electrons. The Balaban J connectivity index is 1.09. The summed E-state index contributed by atoms with van der Waals surface area (Å²) in [6.07, 6.45) is 6.91. The fraction of sp³-hybridized carbons (Fsp3) is 0.450. The fourth-order valence-corrected chi connectivity index (χ4v) is 8.74. The standard InChI is InChI=1S/C40H48Cl4N6O5S/c1-40(2,3)56(52)48-39(25-11-15-50(16-12-25)26-5-7-36(53-4)46-21-26)29-18-31(42)33(44)20-35(29)54-23-55-37-8-6-27(22-47-37)49-13-9-24(10-14-49)38(45)28-17-30(41)32(43)19-34(28)51/h5-8,17-22,24-25,38-39,48,51H,9-16,23,45H2,1-4H3/t38-,39-,56+/m1/s1. The van der Waals surface area contributed by atoms with Gasteiger partial charge in [-0.25, -0.2) is 9.97 Å². The first-order chi connectivity index (χ1) is 26.7. The molecule has 56 heavy (non-hydrogen) atoms. The van der Waals surface area contributed by atoms with E-state index in [0.717, 1.165) is 68.8 Å². The van der Waals surface area contributed by atoms with Crippen molar-refractivity contribution in [3.63, 3.8) is 0 Å². The minimum Gasteiger partial charge on any atom is -0.598 e. The summed E-state index contributed by atoms with van der Waals surface area (Å²) in [5, 5.41) is 11.8. The van der Waals surface area contributed by atoms with E-state index in [9.17, 15) is 9.66 Å². The van der Waals surface area contributed by atoms with Crippen molar-refractivity contribution in [2.45, 2.75) is 63.3 Å². The first-order valence-corrected chi connectivity index (χ1v) is 21.2. The molecule has 2 aliphatic rings. The number of halogens is 4. The number of hydrogen-bond donors (Lipinski definition) is 3. The molecule has 2 aromatic heterocycles. The minimum absolute atomic E-state index is 0.0574. The zero-order chi connectivity index (χ0) is 40.1. The number of ether oxygens (including phenoxy) is 3. The number of rotatable bonds is 13. The van der Waals surface area contributed by atoms with Gasteiger partial charge >= 0.3 is 0 Å². The van der Waals surface area contributed by atoms with Crippen LogP contribution in [0.5, 0.6) is 23.3 Å². The summed E-state index contributed by atoms with van der Waals surface area (Å²) in [7, 11) is 1.60. The van der Waals surface area contributed by atoms with Crippen molar-refractivity contribution in [3.05, 3.63) is 92.1 Å². The second-order valence-electron chi connectivity index (χ2n) is 15.1. The van der Waals surface area contributed by atoms with Gasteiger partial charge in [-0.1, -0.05) is 46.4 Å². The molecule has 4 aromatic rings. The van der Waals surface area contributed by atoms with Crippen LogP contribution >= 0.6 is 46.4 Å². The summed E-state index contributed by atoms with van der Waals surface area (Å²) in [6.45, 7) is 8.81. The monoisotopic (exact) mass is 864 g/mol. The predicted molar refractivity (Wildman–Crippen MR) is 226 cm³/mol. The Bertz CT molecular complexity index is 1920. The SMILES string of the molecule is COc1ccc(N2CCC([C@@H](N[S@@+]([O-])C(C)(C)C)c3cc(Cl)c(Cl)cc3OCOc3ccc(N4CCC([C@@H](N)c5cc(Cl)c(Cl)cc5O)CC4)cn3)CC2)cn1. The Hall–Kier alpha value is -3.07. The molecule has 16 heteroatoms. The van der Waals surface area contributed by atoms with Crippen molar-refractivity contribution < 1.29 is 23.9 Å². The average Bonchev–Trinajstić information content (AvgIpc) is 3.19. The van der Waals surface area contributed by atoms with Crippen molar-refractivity contribution in [2.75, 3.05) is 49.9 Å². The molecule has 2 aromatic carbocycles. The van der Waals surface area contributed by atoms with Crippen LogP contribution in [-0.4, -0.2) is 64.5 Å². The summed E-state index contributed by atoms with van der Waals surface area (Å²) in [4.78, 5) is 13.5. The number of nitrogens with zero attached hydrogens (tertiary/aromatic N) is 4. The molecule has 0 unspecified atom stereocenters. The summed E-state index contributed by atoms with van der Waals surface area (Å²) in [5.74, 6) is 1.79. The molecule has 0 radical (unpaired) electrons. The summed E-state index contributed by atoms with van der Waals surface area (Å²) in [6, 6.07) is 13.5. The highest BCUT2D eigenvalue weighted by Crippen LogP contribution is 2.42. The predicted octanol–water partition coefficient (Wildman–Crippen LogP) is 9.15. The van der Waals surface area contributed by atoms with Gasteiger partial charge in [0, 0.05) is 79.0 Å². The Kier molecular flexibility index (Phi) is 14.2. The lowest BCUT2D eigenvalue weighted by atomic mass is 9.85. The number of phenolic OH excluding ortho intramolecular Hbond substituents is 1. The number of pyridine rings is 2. The Morgan fingerprint density at radius 1 is 0.804 bits per heavy atom. The van der Waals surface area contributed by atoms with Gasteiger partial charge in [0.15, 0.2) is 0 Å². The van der Waals surface area contributed by atoms with E-state index >= 15 is 0 Å². The van der Waals surface area contributed by atoms with E-state index in [4.69, 9.17) is 66.3 Å². The smallest absolute Gasteiger partial charge is 0.232 e. The number of aromatic hydroxyl groups is 1. The average molecular weight is 867 g/mol. The van der Waals surface area contributed by atoms with Crippen LogP contribution in [0.1, 0.15) is 69.7 Å².